The molecule has 4 aliphatic rings. The van der Waals surface area contributed by atoms with Crippen molar-refractivity contribution in [2.24, 2.45) is 17.6 Å². The van der Waals surface area contributed by atoms with Gasteiger partial charge in [0.05, 0.1) is 36.2 Å². The number of rotatable bonds is 9. The van der Waals surface area contributed by atoms with Gasteiger partial charge in [0, 0.05) is 43.0 Å². The van der Waals surface area contributed by atoms with Gasteiger partial charge in [0.2, 0.25) is 11.8 Å². The maximum Gasteiger partial charge on any atom is 0.319 e. The molecule has 4 heterocycles. The zero-order valence-electron chi connectivity index (χ0n) is 25.4. The molecule has 2 saturated carbocycles. The van der Waals surface area contributed by atoms with Crippen LogP contribution in [0.1, 0.15) is 76.1 Å². The zero-order valence-corrected chi connectivity index (χ0v) is 25.4. The van der Waals surface area contributed by atoms with Gasteiger partial charge < -0.3 is 20.0 Å². The lowest BCUT2D eigenvalue weighted by molar-refractivity contribution is -0.136. The Balaban J connectivity index is 1.06. The molecule has 3 N–H and O–H groups in total. The summed E-state index contributed by atoms with van der Waals surface area (Å²) in [4.78, 5) is 54.2. The number of nitrogens with two attached hydrogens (primary N) is 1. The van der Waals surface area contributed by atoms with E-state index in [2.05, 4.69) is 9.97 Å². The van der Waals surface area contributed by atoms with Crippen molar-refractivity contribution in [1.82, 2.24) is 24.3 Å². The standard InChI is InChI=1S/C35H38N6O4/c36-33(44)29-7-3-15-41(29,32(43)17-22-10-11-22)25-5-1-4-23(18-25)30-20-37-35(45-30)24-12-13-26-27(19-24)39-34(38-26)28-6-2-14-40(28)31(42)16-21-8-9-21/h1,4-5,12-13,18-22,28-29H,2-3,6-11,14-17H2,(H2-,36,37,38,39,44)/p+1/t28-,29-,41?/m0/s1. The Labute approximate surface area is 261 Å². The van der Waals surface area contributed by atoms with Crippen molar-refractivity contribution in [3.63, 3.8) is 0 Å². The lowest BCUT2D eigenvalue weighted by atomic mass is 10.1. The summed E-state index contributed by atoms with van der Waals surface area (Å²) in [5.74, 6) is 2.76. The molecule has 0 bridgehead atoms. The number of aromatic nitrogens is 3. The minimum Gasteiger partial charge on any atom is -0.436 e. The van der Waals surface area contributed by atoms with E-state index in [4.69, 9.17) is 15.1 Å². The largest absolute Gasteiger partial charge is 0.436 e. The number of hydrogen-bond acceptors (Lipinski definition) is 6. The highest BCUT2D eigenvalue weighted by atomic mass is 16.4. The highest BCUT2D eigenvalue weighted by Crippen LogP contribution is 2.42. The van der Waals surface area contributed by atoms with Crippen LogP contribution >= 0.6 is 0 Å². The number of fused-ring (bicyclic) bond motifs is 1. The summed E-state index contributed by atoms with van der Waals surface area (Å²) in [6, 6.07) is 13.1. The fourth-order valence-corrected chi connectivity index (χ4v) is 7.56. The van der Waals surface area contributed by atoms with Gasteiger partial charge >= 0.3 is 5.91 Å². The molecule has 10 heteroatoms. The van der Waals surface area contributed by atoms with Crippen LogP contribution in [-0.4, -0.2) is 56.7 Å². The number of imidazole rings is 1. The molecule has 8 rings (SSSR count). The summed E-state index contributed by atoms with van der Waals surface area (Å²) >= 11 is 0. The highest BCUT2D eigenvalue weighted by molar-refractivity contribution is 5.97. The molecular weight excluding hydrogens is 568 g/mol. The van der Waals surface area contributed by atoms with Gasteiger partial charge in [-0.2, -0.15) is 0 Å². The smallest absolute Gasteiger partial charge is 0.319 e. The van der Waals surface area contributed by atoms with Crippen LogP contribution in [0.15, 0.2) is 53.1 Å². The molecule has 4 aromatic rings. The molecule has 3 atom stereocenters. The summed E-state index contributed by atoms with van der Waals surface area (Å²) in [6.45, 7) is 1.36. The number of aromatic amines is 1. The predicted octanol–water partition coefficient (Wildman–Crippen LogP) is 5.63. The maximum absolute atomic E-state index is 13.8. The Bertz CT molecular complexity index is 1800. The summed E-state index contributed by atoms with van der Waals surface area (Å²) in [7, 11) is 0. The lowest BCUT2D eigenvalue weighted by Gasteiger charge is -2.35. The van der Waals surface area contributed by atoms with E-state index in [9.17, 15) is 14.4 Å². The van der Waals surface area contributed by atoms with Crippen LogP contribution in [0.4, 0.5) is 5.69 Å². The zero-order chi connectivity index (χ0) is 30.7. The summed E-state index contributed by atoms with van der Waals surface area (Å²) < 4.78 is 6.27. The van der Waals surface area contributed by atoms with E-state index in [1.807, 2.05) is 47.4 Å². The normalized spacial score (nSPS) is 24.8. The molecule has 1 unspecified atom stereocenters. The number of oxazole rings is 1. The molecule has 2 saturated heterocycles. The SMILES string of the molecule is NC(=O)[C@@H]1CCC[N+]1(C(=O)CC1CC1)c1cccc(-c2cnc(-c3ccc4nc([C@@H]5CCCN5C(=O)CC5CC5)[nH]c4c3)o2)c1. The second kappa shape index (κ2) is 10.9. The van der Waals surface area contributed by atoms with Crippen LogP contribution in [0, 0.1) is 11.8 Å². The van der Waals surface area contributed by atoms with Gasteiger partial charge in [0.15, 0.2) is 11.8 Å². The van der Waals surface area contributed by atoms with Crippen molar-refractivity contribution in [1.29, 1.82) is 0 Å². The third-order valence-electron chi connectivity index (χ3n) is 10.3. The van der Waals surface area contributed by atoms with Crippen molar-refractivity contribution < 1.29 is 18.8 Å². The first kappa shape index (κ1) is 28.2. The number of amides is 3. The first-order valence-electron chi connectivity index (χ1n) is 16.5. The second-order valence-electron chi connectivity index (χ2n) is 13.5. The number of quaternary nitrogens is 1. The summed E-state index contributed by atoms with van der Waals surface area (Å²) in [6.07, 6.45) is 10.6. The number of nitrogens with one attached hydrogen (secondary N) is 1. The Morgan fingerprint density at radius 1 is 0.956 bits per heavy atom. The number of likely N-dealkylation sites (tertiary alicyclic amines) is 2. The molecule has 0 radical (unpaired) electrons. The fourth-order valence-electron chi connectivity index (χ4n) is 7.56. The molecule has 2 aromatic heterocycles. The van der Waals surface area contributed by atoms with E-state index in [0.29, 0.717) is 49.3 Å². The van der Waals surface area contributed by atoms with Gasteiger partial charge in [-0.3, -0.25) is 9.59 Å². The van der Waals surface area contributed by atoms with Crippen LogP contribution in [-0.2, 0) is 14.4 Å². The van der Waals surface area contributed by atoms with Gasteiger partial charge in [-0.25, -0.2) is 19.2 Å². The second-order valence-corrected chi connectivity index (χ2v) is 13.5. The van der Waals surface area contributed by atoms with Gasteiger partial charge in [-0.1, -0.05) is 12.1 Å². The van der Waals surface area contributed by atoms with Crippen molar-refractivity contribution in [2.45, 2.75) is 76.3 Å². The van der Waals surface area contributed by atoms with Crippen molar-refractivity contribution in [3.05, 3.63) is 54.5 Å². The number of H-pyrrole nitrogens is 1. The van der Waals surface area contributed by atoms with E-state index in [-0.39, 0.29) is 22.3 Å². The molecule has 10 nitrogen and oxygen atoms in total. The minimum absolute atomic E-state index is 0.00983. The van der Waals surface area contributed by atoms with Gasteiger partial charge in [0.1, 0.15) is 11.5 Å². The number of carbonyl (C=O) groups is 3. The van der Waals surface area contributed by atoms with Crippen LogP contribution in [0.5, 0.6) is 0 Å². The van der Waals surface area contributed by atoms with E-state index in [1.54, 1.807) is 6.20 Å². The Morgan fingerprint density at radius 3 is 2.58 bits per heavy atom. The molecule has 2 aromatic carbocycles. The van der Waals surface area contributed by atoms with Crippen LogP contribution in [0.3, 0.4) is 0 Å². The Morgan fingerprint density at radius 2 is 1.78 bits per heavy atom. The number of hydrogen-bond donors (Lipinski definition) is 2. The van der Waals surface area contributed by atoms with Gasteiger partial charge in [-0.15, -0.1) is 0 Å². The van der Waals surface area contributed by atoms with Crippen molar-refractivity contribution >= 4 is 34.4 Å². The fraction of sp³-hybridized carbons (Fsp3) is 0.457. The molecule has 4 fully saturated rings. The number of nitrogens with zero attached hydrogens (tertiary/aromatic N) is 4. The number of benzene rings is 2. The quantitative estimate of drug-likeness (QED) is 0.237. The topological polar surface area (TPSA) is 135 Å². The van der Waals surface area contributed by atoms with E-state index in [0.717, 1.165) is 72.3 Å². The molecule has 2 aliphatic heterocycles. The van der Waals surface area contributed by atoms with Crippen LogP contribution in [0.25, 0.3) is 33.8 Å². The molecule has 3 amide bonds. The van der Waals surface area contributed by atoms with Crippen molar-refractivity contribution in [3.8, 4) is 22.8 Å². The monoisotopic (exact) mass is 607 g/mol. The molecular formula is C35H39N6O4+. The maximum atomic E-state index is 13.8. The van der Waals surface area contributed by atoms with Crippen LogP contribution < -0.4 is 10.2 Å². The number of primary amides is 1. The minimum atomic E-state index is -0.560. The van der Waals surface area contributed by atoms with Crippen molar-refractivity contribution in [2.75, 3.05) is 13.1 Å². The molecule has 0 spiro atoms. The first-order valence-corrected chi connectivity index (χ1v) is 16.5. The molecule has 2 aliphatic carbocycles. The van der Waals surface area contributed by atoms with E-state index in [1.165, 1.54) is 12.8 Å². The number of carbonyl (C=O) groups excluding carboxylic acids is 3. The van der Waals surface area contributed by atoms with Gasteiger partial charge in [-0.05, 0) is 74.6 Å². The lowest BCUT2D eigenvalue weighted by Crippen LogP contribution is -2.61. The van der Waals surface area contributed by atoms with Crippen LogP contribution in [0.2, 0.25) is 0 Å². The summed E-state index contributed by atoms with van der Waals surface area (Å²) in [5, 5.41) is 0. The first-order chi connectivity index (χ1) is 21.9. The highest BCUT2D eigenvalue weighted by Gasteiger charge is 2.53. The Hall–Kier alpha value is -4.31. The average Bonchev–Trinajstić information content (AvgIpc) is 3.74. The molecule has 45 heavy (non-hydrogen) atoms. The third kappa shape index (κ3) is 5.14. The van der Waals surface area contributed by atoms with Gasteiger partial charge in [0.25, 0.3) is 5.91 Å². The molecule has 232 valence electrons. The summed E-state index contributed by atoms with van der Waals surface area (Å²) in [5.41, 5.74) is 9.96. The van der Waals surface area contributed by atoms with E-state index < -0.39 is 11.9 Å². The average molecular weight is 608 g/mol. The predicted molar refractivity (Wildman–Crippen MR) is 169 cm³/mol. The van der Waals surface area contributed by atoms with E-state index >= 15 is 0 Å². The Kier molecular flexibility index (Phi) is 6.85. The third-order valence-corrected chi connectivity index (χ3v) is 10.3.